The van der Waals surface area contributed by atoms with Crippen LogP contribution in [0.5, 0.6) is 0 Å². The molecule has 1 saturated carbocycles. The van der Waals surface area contributed by atoms with Gasteiger partial charge in [-0.2, -0.15) is 0 Å². The monoisotopic (exact) mass is 196 g/mol. The lowest BCUT2D eigenvalue weighted by Crippen LogP contribution is -2.62. The molecule has 1 aliphatic carbocycles. The van der Waals surface area contributed by atoms with Crippen LogP contribution in [0.2, 0.25) is 0 Å². The van der Waals surface area contributed by atoms with Gasteiger partial charge in [0.2, 0.25) is 0 Å². The third kappa shape index (κ3) is 2.12. The normalized spacial score (nSPS) is 28.5. The minimum atomic E-state index is 0.487. The second-order valence-electron chi connectivity index (χ2n) is 5.33. The van der Waals surface area contributed by atoms with E-state index in [9.17, 15) is 0 Å². The summed E-state index contributed by atoms with van der Waals surface area (Å²) in [6.45, 7) is 8.35. The van der Waals surface area contributed by atoms with Crippen molar-refractivity contribution in [3.05, 3.63) is 0 Å². The van der Waals surface area contributed by atoms with Crippen LogP contribution in [0.1, 0.15) is 46.0 Å². The van der Waals surface area contributed by atoms with Gasteiger partial charge in [-0.25, -0.2) is 0 Å². The average Bonchev–Trinajstić information content (AvgIpc) is 2.19. The molecular formula is C12H24N2. The lowest BCUT2D eigenvalue weighted by atomic mass is 9.80. The maximum absolute atomic E-state index is 3.78. The second-order valence-corrected chi connectivity index (χ2v) is 5.33. The van der Waals surface area contributed by atoms with Gasteiger partial charge in [0, 0.05) is 31.2 Å². The zero-order chi connectivity index (χ0) is 10.0. The summed E-state index contributed by atoms with van der Waals surface area (Å²) >= 11 is 0. The van der Waals surface area contributed by atoms with Crippen molar-refractivity contribution >= 4 is 0 Å². The molecule has 2 nitrogen and oxygen atoms in total. The highest BCUT2D eigenvalue weighted by molar-refractivity contribution is 4.97. The number of rotatable bonds is 1. The van der Waals surface area contributed by atoms with Gasteiger partial charge in [0.25, 0.3) is 0 Å². The summed E-state index contributed by atoms with van der Waals surface area (Å²) in [5.74, 6) is 0. The third-order valence-electron chi connectivity index (χ3n) is 3.95. The van der Waals surface area contributed by atoms with Crippen LogP contribution in [0.15, 0.2) is 0 Å². The smallest absolute Gasteiger partial charge is 0.0309 e. The minimum Gasteiger partial charge on any atom is -0.309 e. The fourth-order valence-corrected chi connectivity index (χ4v) is 2.99. The standard InChI is InChI=1S/C12H24N2/c1-11(2)14-9-8-13-12(10-14)6-4-3-5-7-12/h11,13H,3-10H2,1-2H3. The van der Waals surface area contributed by atoms with E-state index in [1.165, 1.54) is 51.7 Å². The molecule has 0 aromatic heterocycles. The SMILES string of the molecule is CC(C)N1CCNC2(CCCCC2)C1. The van der Waals surface area contributed by atoms with Crippen LogP contribution < -0.4 is 5.32 Å². The molecule has 0 atom stereocenters. The predicted octanol–water partition coefficient (Wildman–Crippen LogP) is 2.00. The predicted molar refractivity (Wildman–Crippen MR) is 60.5 cm³/mol. The third-order valence-corrected chi connectivity index (χ3v) is 3.95. The number of hydrogen-bond acceptors (Lipinski definition) is 2. The van der Waals surface area contributed by atoms with Gasteiger partial charge >= 0.3 is 0 Å². The first-order chi connectivity index (χ1) is 6.72. The minimum absolute atomic E-state index is 0.487. The zero-order valence-corrected chi connectivity index (χ0v) is 9.68. The van der Waals surface area contributed by atoms with E-state index in [2.05, 4.69) is 24.1 Å². The highest BCUT2D eigenvalue weighted by Gasteiger charge is 2.36. The lowest BCUT2D eigenvalue weighted by molar-refractivity contribution is 0.0785. The van der Waals surface area contributed by atoms with Crippen molar-refractivity contribution in [1.29, 1.82) is 0 Å². The molecule has 1 heterocycles. The van der Waals surface area contributed by atoms with Crippen molar-refractivity contribution in [1.82, 2.24) is 10.2 Å². The van der Waals surface area contributed by atoms with Crippen LogP contribution >= 0.6 is 0 Å². The van der Waals surface area contributed by atoms with Gasteiger partial charge in [-0.15, -0.1) is 0 Å². The Morgan fingerprint density at radius 2 is 1.86 bits per heavy atom. The Hall–Kier alpha value is -0.0800. The van der Waals surface area contributed by atoms with E-state index >= 15 is 0 Å². The number of hydrogen-bond donors (Lipinski definition) is 1. The molecule has 2 rings (SSSR count). The Kier molecular flexibility index (Phi) is 3.13. The summed E-state index contributed by atoms with van der Waals surface area (Å²) in [5, 5.41) is 3.78. The Morgan fingerprint density at radius 3 is 2.50 bits per heavy atom. The van der Waals surface area contributed by atoms with E-state index in [0.717, 1.165) is 6.04 Å². The van der Waals surface area contributed by atoms with Crippen molar-refractivity contribution in [3.8, 4) is 0 Å². The van der Waals surface area contributed by atoms with Crippen molar-refractivity contribution < 1.29 is 0 Å². The summed E-state index contributed by atoms with van der Waals surface area (Å²) in [7, 11) is 0. The summed E-state index contributed by atoms with van der Waals surface area (Å²) in [6, 6.07) is 0.718. The van der Waals surface area contributed by atoms with Crippen LogP contribution in [0.25, 0.3) is 0 Å². The summed E-state index contributed by atoms with van der Waals surface area (Å²) in [6.07, 6.45) is 7.11. The molecular weight excluding hydrogens is 172 g/mol. The Balaban J connectivity index is 1.97. The van der Waals surface area contributed by atoms with Gasteiger partial charge in [0.1, 0.15) is 0 Å². The summed E-state index contributed by atoms with van der Waals surface area (Å²) < 4.78 is 0. The molecule has 0 unspecified atom stereocenters. The first kappa shape index (κ1) is 10.4. The number of nitrogens with zero attached hydrogens (tertiary/aromatic N) is 1. The summed E-state index contributed by atoms with van der Waals surface area (Å²) in [5.41, 5.74) is 0.487. The zero-order valence-electron chi connectivity index (χ0n) is 9.68. The molecule has 1 N–H and O–H groups in total. The molecule has 0 amide bonds. The number of piperazine rings is 1. The van der Waals surface area contributed by atoms with E-state index in [0.29, 0.717) is 5.54 Å². The summed E-state index contributed by atoms with van der Waals surface area (Å²) in [4.78, 5) is 2.64. The maximum atomic E-state index is 3.78. The molecule has 14 heavy (non-hydrogen) atoms. The largest absolute Gasteiger partial charge is 0.309 e. The maximum Gasteiger partial charge on any atom is 0.0309 e. The molecule has 1 spiro atoms. The van der Waals surface area contributed by atoms with Gasteiger partial charge in [-0.3, -0.25) is 4.90 Å². The van der Waals surface area contributed by atoms with Crippen LogP contribution in [0.4, 0.5) is 0 Å². The average molecular weight is 196 g/mol. The molecule has 2 aliphatic rings. The molecule has 0 radical (unpaired) electrons. The lowest BCUT2D eigenvalue weighted by Gasteiger charge is -2.47. The van der Waals surface area contributed by atoms with E-state index in [-0.39, 0.29) is 0 Å². The van der Waals surface area contributed by atoms with Crippen molar-refractivity contribution in [2.75, 3.05) is 19.6 Å². The molecule has 82 valence electrons. The molecule has 0 aromatic carbocycles. The number of nitrogens with one attached hydrogen (secondary N) is 1. The van der Waals surface area contributed by atoms with Crippen LogP contribution in [-0.2, 0) is 0 Å². The van der Waals surface area contributed by atoms with Gasteiger partial charge in [0.15, 0.2) is 0 Å². The Labute approximate surface area is 88.1 Å². The van der Waals surface area contributed by atoms with Crippen LogP contribution in [0, 0.1) is 0 Å². The first-order valence-corrected chi connectivity index (χ1v) is 6.21. The van der Waals surface area contributed by atoms with E-state index in [1.54, 1.807) is 0 Å². The van der Waals surface area contributed by atoms with E-state index in [4.69, 9.17) is 0 Å². The van der Waals surface area contributed by atoms with Crippen molar-refractivity contribution in [2.24, 2.45) is 0 Å². The quantitative estimate of drug-likeness (QED) is 0.690. The molecule has 1 saturated heterocycles. The second kappa shape index (κ2) is 4.19. The van der Waals surface area contributed by atoms with Gasteiger partial charge < -0.3 is 5.32 Å². The topological polar surface area (TPSA) is 15.3 Å². The van der Waals surface area contributed by atoms with Crippen molar-refractivity contribution in [2.45, 2.75) is 57.5 Å². The molecule has 2 heteroatoms. The Bertz CT molecular complexity index is 177. The van der Waals surface area contributed by atoms with Gasteiger partial charge in [-0.1, -0.05) is 19.3 Å². The molecule has 2 fully saturated rings. The van der Waals surface area contributed by atoms with Gasteiger partial charge in [-0.05, 0) is 26.7 Å². The molecule has 0 bridgehead atoms. The van der Waals surface area contributed by atoms with Gasteiger partial charge in [0.05, 0.1) is 0 Å². The highest BCUT2D eigenvalue weighted by Crippen LogP contribution is 2.30. The molecule has 0 aromatic rings. The van der Waals surface area contributed by atoms with E-state index in [1.807, 2.05) is 0 Å². The molecule has 1 aliphatic heterocycles. The fraction of sp³-hybridized carbons (Fsp3) is 1.00. The fourth-order valence-electron chi connectivity index (χ4n) is 2.99. The van der Waals surface area contributed by atoms with Crippen LogP contribution in [-0.4, -0.2) is 36.1 Å². The van der Waals surface area contributed by atoms with E-state index < -0.39 is 0 Å². The highest BCUT2D eigenvalue weighted by atomic mass is 15.2. The van der Waals surface area contributed by atoms with Crippen LogP contribution in [0.3, 0.4) is 0 Å². The Morgan fingerprint density at radius 1 is 1.14 bits per heavy atom. The van der Waals surface area contributed by atoms with Crippen molar-refractivity contribution in [3.63, 3.8) is 0 Å². The first-order valence-electron chi connectivity index (χ1n) is 6.21.